The van der Waals surface area contributed by atoms with Gasteiger partial charge in [0, 0.05) is 16.8 Å². The molecular formula is C19H21N5O2. The van der Waals surface area contributed by atoms with Crippen LogP contribution < -0.4 is 16.0 Å². The molecule has 1 atom stereocenters. The number of carbonyl (C=O) groups excluding carboxylic acids is 2. The molecule has 0 radical (unpaired) electrons. The molecule has 3 amide bonds. The van der Waals surface area contributed by atoms with Crippen molar-refractivity contribution >= 4 is 34.2 Å². The number of para-hydroxylation sites is 1. The molecule has 0 saturated carbocycles. The van der Waals surface area contributed by atoms with Crippen molar-refractivity contribution in [2.24, 2.45) is 5.92 Å². The van der Waals surface area contributed by atoms with E-state index in [9.17, 15) is 9.59 Å². The van der Waals surface area contributed by atoms with Gasteiger partial charge in [0.25, 0.3) is 0 Å². The number of nitrogens with zero attached hydrogens (tertiary/aromatic N) is 1. The van der Waals surface area contributed by atoms with Crippen molar-refractivity contribution in [1.29, 1.82) is 0 Å². The number of aromatic amines is 1. The highest BCUT2D eigenvalue weighted by molar-refractivity contribution is 6.00. The molecule has 1 heterocycles. The predicted molar refractivity (Wildman–Crippen MR) is 102 cm³/mol. The maximum absolute atomic E-state index is 12.6. The smallest absolute Gasteiger partial charge is 0.319 e. The number of anilines is 2. The highest BCUT2D eigenvalue weighted by atomic mass is 16.2. The lowest BCUT2D eigenvalue weighted by molar-refractivity contribution is -0.118. The number of urea groups is 1. The summed E-state index contributed by atoms with van der Waals surface area (Å²) in [5, 5.41) is 16.0. The average molecular weight is 351 g/mol. The van der Waals surface area contributed by atoms with Crippen LogP contribution in [0.5, 0.6) is 0 Å². The number of hydrogen-bond acceptors (Lipinski definition) is 3. The Bertz CT molecular complexity index is 904. The number of H-pyrrole nitrogens is 1. The van der Waals surface area contributed by atoms with Gasteiger partial charge in [-0.2, -0.15) is 5.10 Å². The van der Waals surface area contributed by atoms with Crippen LogP contribution >= 0.6 is 0 Å². The molecule has 1 aromatic heterocycles. The molecule has 3 rings (SSSR count). The third-order valence-electron chi connectivity index (χ3n) is 3.98. The number of rotatable bonds is 5. The van der Waals surface area contributed by atoms with E-state index in [-0.39, 0.29) is 11.8 Å². The van der Waals surface area contributed by atoms with Crippen LogP contribution in [-0.2, 0) is 4.79 Å². The summed E-state index contributed by atoms with van der Waals surface area (Å²) in [4.78, 5) is 24.8. The van der Waals surface area contributed by atoms with Gasteiger partial charge in [0.2, 0.25) is 5.91 Å². The van der Waals surface area contributed by atoms with Crippen LogP contribution in [0.4, 0.5) is 16.2 Å². The molecule has 2 aromatic carbocycles. The van der Waals surface area contributed by atoms with Gasteiger partial charge < -0.3 is 16.0 Å². The maximum atomic E-state index is 12.6. The fourth-order valence-electron chi connectivity index (χ4n) is 2.61. The van der Waals surface area contributed by atoms with E-state index in [1.165, 1.54) is 0 Å². The Balaban J connectivity index is 1.66. The number of nitrogens with one attached hydrogen (secondary N) is 4. The first-order chi connectivity index (χ1) is 12.5. The third kappa shape index (κ3) is 4.18. The summed E-state index contributed by atoms with van der Waals surface area (Å²) < 4.78 is 0. The highest BCUT2D eigenvalue weighted by Crippen LogP contribution is 2.17. The largest absolute Gasteiger partial charge is 0.326 e. The second kappa shape index (κ2) is 7.69. The quantitative estimate of drug-likeness (QED) is 0.567. The molecule has 0 bridgehead atoms. The van der Waals surface area contributed by atoms with E-state index >= 15 is 0 Å². The van der Waals surface area contributed by atoms with E-state index < -0.39 is 12.1 Å². The Morgan fingerprint density at radius 2 is 1.77 bits per heavy atom. The van der Waals surface area contributed by atoms with E-state index in [1.807, 2.05) is 44.2 Å². The molecule has 0 fully saturated rings. The third-order valence-corrected chi connectivity index (χ3v) is 3.98. The zero-order valence-electron chi connectivity index (χ0n) is 14.6. The van der Waals surface area contributed by atoms with Gasteiger partial charge in [0.15, 0.2) is 0 Å². The van der Waals surface area contributed by atoms with E-state index in [1.54, 1.807) is 24.4 Å². The van der Waals surface area contributed by atoms with Gasteiger partial charge in [-0.3, -0.25) is 9.89 Å². The van der Waals surface area contributed by atoms with Crippen molar-refractivity contribution in [2.75, 3.05) is 10.6 Å². The molecule has 3 aromatic rings. The number of benzene rings is 2. The summed E-state index contributed by atoms with van der Waals surface area (Å²) in [5.74, 6) is -0.347. The molecule has 134 valence electrons. The number of hydrogen-bond donors (Lipinski definition) is 4. The second-order valence-corrected chi connectivity index (χ2v) is 6.35. The van der Waals surface area contributed by atoms with Crippen LogP contribution in [0.2, 0.25) is 0 Å². The lowest BCUT2D eigenvalue weighted by Crippen LogP contribution is -2.48. The number of amides is 3. The summed E-state index contributed by atoms with van der Waals surface area (Å²) in [7, 11) is 0. The molecule has 0 saturated heterocycles. The summed E-state index contributed by atoms with van der Waals surface area (Å²) in [6, 6.07) is 13.5. The van der Waals surface area contributed by atoms with Gasteiger partial charge in [-0.25, -0.2) is 4.79 Å². The molecule has 0 aliphatic rings. The Morgan fingerprint density at radius 3 is 2.50 bits per heavy atom. The number of aromatic nitrogens is 2. The Morgan fingerprint density at radius 1 is 1.00 bits per heavy atom. The van der Waals surface area contributed by atoms with Crippen LogP contribution in [0.15, 0.2) is 54.7 Å². The van der Waals surface area contributed by atoms with Crippen LogP contribution in [0, 0.1) is 5.92 Å². The topological polar surface area (TPSA) is 98.9 Å². The normalized spacial score (nSPS) is 12.0. The monoisotopic (exact) mass is 351 g/mol. The minimum Gasteiger partial charge on any atom is -0.326 e. The van der Waals surface area contributed by atoms with Crippen LogP contribution in [-0.4, -0.2) is 28.2 Å². The second-order valence-electron chi connectivity index (χ2n) is 6.35. The highest BCUT2D eigenvalue weighted by Gasteiger charge is 2.24. The molecule has 0 unspecified atom stereocenters. The number of carbonyl (C=O) groups is 2. The fraction of sp³-hybridized carbons (Fsp3) is 0.211. The van der Waals surface area contributed by atoms with Crippen LogP contribution in [0.1, 0.15) is 13.8 Å². The molecule has 0 spiro atoms. The Labute approximate surface area is 151 Å². The van der Waals surface area contributed by atoms with Crippen LogP contribution in [0.25, 0.3) is 10.9 Å². The van der Waals surface area contributed by atoms with E-state index in [0.717, 1.165) is 10.9 Å². The summed E-state index contributed by atoms with van der Waals surface area (Å²) in [6.45, 7) is 3.76. The first kappa shape index (κ1) is 17.5. The van der Waals surface area contributed by atoms with Crippen molar-refractivity contribution < 1.29 is 9.59 Å². The van der Waals surface area contributed by atoms with Gasteiger partial charge >= 0.3 is 6.03 Å². The summed E-state index contributed by atoms with van der Waals surface area (Å²) in [6.07, 6.45) is 1.69. The Kier molecular flexibility index (Phi) is 5.17. The van der Waals surface area contributed by atoms with Gasteiger partial charge in [-0.15, -0.1) is 0 Å². The Hall–Kier alpha value is -3.35. The van der Waals surface area contributed by atoms with Crippen molar-refractivity contribution in [2.45, 2.75) is 19.9 Å². The molecule has 0 aliphatic carbocycles. The summed E-state index contributed by atoms with van der Waals surface area (Å²) >= 11 is 0. The number of fused-ring (bicyclic) bond motifs is 1. The molecule has 4 N–H and O–H groups in total. The van der Waals surface area contributed by atoms with Crippen LogP contribution in [0.3, 0.4) is 0 Å². The predicted octanol–water partition coefficient (Wildman–Crippen LogP) is 3.35. The minimum atomic E-state index is -0.668. The first-order valence-corrected chi connectivity index (χ1v) is 8.39. The van der Waals surface area contributed by atoms with Crippen molar-refractivity contribution in [3.05, 3.63) is 54.7 Å². The zero-order chi connectivity index (χ0) is 18.5. The van der Waals surface area contributed by atoms with Crippen molar-refractivity contribution in [3.63, 3.8) is 0 Å². The van der Waals surface area contributed by atoms with Gasteiger partial charge in [0.05, 0.1) is 11.7 Å². The van der Waals surface area contributed by atoms with E-state index in [0.29, 0.717) is 11.4 Å². The SMILES string of the molecule is CC(C)[C@@H](NC(=O)Nc1ccccc1)C(=O)Nc1ccc2[nH]ncc2c1. The summed E-state index contributed by atoms with van der Waals surface area (Å²) in [5.41, 5.74) is 2.21. The fourth-order valence-corrected chi connectivity index (χ4v) is 2.61. The molecule has 7 heteroatoms. The van der Waals surface area contributed by atoms with Crippen molar-refractivity contribution in [3.8, 4) is 0 Å². The molecule has 0 aliphatic heterocycles. The molecule has 7 nitrogen and oxygen atoms in total. The zero-order valence-corrected chi connectivity index (χ0v) is 14.6. The standard InChI is InChI=1S/C19H21N5O2/c1-12(2)17(23-19(26)22-14-6-4-3-5-7-14)18(25)21-15-8-9-16-13(10-15)11-20-24-16/h3-12,17H,1-2H3,(H,20,24)(H,21,25)(H2,22,23,26)/t17-/m1/s1. The van der Waals surface area contributed by atoms with Crippen molar-refractivity contribution in [1.82, 2.24) is 15.5 Å². The first-order valence-electron chi connectivity index (χ1n) is 8.39. The van der Waals surface area contributed by atoms with E-state index in [4.69, 9.17) is 0 Å². The lowest BCUT2D eigenvalue weighted by atomic mass is 10.0. The minimum absolute atomic E-state index is 0.0748. The van der Waals surface area contributed by atoms with Gasteiger partial charge in [0.1, 0.15) is 6.04 Å². The van der Waals surface area contributed by atoms with Gasteiger partial charge in [-0.05, 0) is 36.2 Å². The molecular weight excluding hydrogens is 330 g/mol. The maximum Gasteiger partial charge on any atom is 0.319 e. The van der Waals surface area contributed by atoms with E-state index in [2.05, 4.69) is 26.1 Å². The lowest BCUT2D eigenvalue weighted by Gasteiger charge is -2.22. The average Bonchev–Trinajstić information content (AvgIpc) is 3.08. The van der Waals surface area contributed by atoms with Gasteiger partial charge in [-0.1, -0.05) is 32.0 Å². The molecule has 26 heavy (non-hydrogen) atoms.